The molecule has 0 atom stereocenters. The second-order valence-corrected chi connectivity index (χ2v) is 4.65. The van der Waals surface area contributed by atoms with Gasteiger partial charge < -0.3 is 4.57 Å². The Kier molecular flexibility index (Phi) is 2.97. The van der Waals surface area contributed by atoms with Gasteiger partial charge in [-0.05, 0) is 23.8 Å². The molecule has 0 fully saturated rings. The molecule has 6 heteroatoms. The summed E-state index contributed by atoms with van der Waals surface area (Å²) in [6.07, 6.45) is 1.73. The van der Waals surface area contributed by atoms with Gasteiger partial charge in [-0.1, -0.05) is 6.07 Å². The van der Waals surface area contributed by atoms with Gasteiger partial charge in [-0.2, -0.15) is 0 Å². The molecule has 0 amide bonds. The second kappa shape index (κ2) is 4.58. The van der Waals surface area contributed by atoms with E-state index in [1.165, 1.54) is 12.1 Å². The van der Waals surface area contributed by atoms with Gasteiger partial charge in [-0.3, -0.25) is 0 Å². The van der Waals surface area contributed by atoms with Crippen LogP contribution in [0.2, 0.25) is 0 Å². The zero-order valence-electron chi connectivity index (χ0n) is 10.7. The molecular formula is C15H8F5N. The van der Waals surface area contributed by atoms with E-state index in [0.717, 1.165) is 5.52 Å². The van der Waals surface area contributed by atoms with Gasteiger partial charge in [-0.25, -0.2) is 22.0 Å². The Labute approximate surface area is 116 Å². The predicted octanol–water partition coefficient (Wildman–Crippen LogP) is 4.54. The van der Waals surface area contributed by atoms with Crippen molar-refractivity contribution in [2.75, 3.05) is 0 Å². The molecular weight excluding hydrogens is 289 g/mol. The maximum absolute atomic E-state index is 13.8. The molecule has 0 spiro atoms. The van der Waals surface area contributed by atoms with E-state index < -0.39 is 34.6 Å². The topological polar surface area (TPSA) is 4.93 Å². The number of rotatable bonds is 1. The van der Waals surface area contributed by atoms with Gasteiger partial charge in [-0.15, -0.1) is 0 Å². The third-order valence-electron chi connectivity index (χ3n) is 3.38. The minimum Gasteiger partial charge on any atom is -0.351 e. The van der Waals surface area contributed by atoms with E-state index in [1.807, 2.05) is 0 Å². The van der Waals surface area contributed by atoms with Gasteiger partial charge in [0.25, 0.3) is 0 Å². The van der Waals surface area contributed by atoms with Crippen molar-refractivity contribution in [3.8, 4) is 11.1 Å². The Morgan fingerprint density at radius 1 is 0.762 bits per heavy atom. The standard InChI is InChI=1S/C15H8F5N/c1-21-5-4-7-6-8(2-3-9(7)21)10-11(16)13(18)15(20)14(19)12(10)17/h2-6H,1H3. The molecule has 1 heterocycles. The molecule has 3 rings (SSSR count). The van der Waals surface area contributed by atoms with Crippen LogP contribution in [0.25, 0.3) is 22.0 Å². The van der Waals surface area contributed by atoms with Crippen LogP contribution in [-0.4, -0.2) is 4.57 Å². The van der Waals surface area contributed by atoms with Gasteiger partial charge >= 0.3 is 0 Å². The zero-order valence-corrected chi connectivity index (χ0v) is 10.7. The maximum atomic E-state index is 13.8. The molecule has 0 aliphatic rings. The van der Waals surface area contributed by atoms with Gasteiger partial charge in [0.1, 0.15) is 0 Å². The van der Waals surface area contributed by atoms with E-state index in [9.17, 15) is 22.0 Å². The highest BCUT2D eigenvalue weighted by Gasteiger charge is 2.26. The van der Waals surface area contributed by atoms with Crippen LogP contribution in [0.15, 0.2) is 30.5 Å². The SMILES string of the molecule is Cn1ccc2cc(-c3c(F)c(F)c(F)c(F)c3F)ccc21. The van der Waals surface area contributed by atoms with Crippen LogP contribution < -0.4 is 0 Å². The summed E-state index contributed by atoms with van der Waals surface area (Å²) in [6, 6.07) is 5.95. The van der Waals surface area contributed by atoms with Gasteiger partial charge in [0.2, 0.25) is 5.82 Å². The summed E-state index contributed by atoms with van der Waals surface area (Å²) in [4.78, 5) is 0. The van der Waals surface area contributed by atoms with E-state index in [4.69, 9.17) is 0 Å². The zero-order chi connectivity index (χ0) is 15.3. The first-order valence-electron chi connectivity index (χ1n) is 5.98. The molecule has 0 radical (unpaired) electrons. The first-order valence-corrected chi connectivity index (χ1v) is 5.98. The predicted molar refractivity (Wildman–Crippen MR) is 68.1 cm³/mol. The van der Waals surface area contributed by atoms with Crippen molar-refractivity contribution in [3.05, 3.63) is 59.5 Å². The summed E-state index contributed by atoms with van der Waals surface area (Å²) in [7, 11) is 1.78. The van der Waals surface area contributed by atoms with Crippen molar-refractivity contribution in [1.82, 2.24) is 4.57 Å². The maximum Gasteiger partial charge on any atom is 0.200 e. The van der Waals surface area contributed by atoms with Crippen molar-refractivity contribution in [3.63, 3.8) is 0 Å². The number of benzene rings is 2. The molecule has 0 unspecified atom stereocenters. The molecule has 2 aromatic carbocycles. The lowest BCUT2D eigenvalue weighted by molar-refractivity contribution is 0.381. The van der Waals surface area contributed by atoms with Crippen molar-refractivity contribution < 1.29 is 22.0 Å². The minimum absolute atomic E-state index is 0.0681. The average molecular weight is 297 g/mol. The summed E-state index contributed by atoms with van der Waals surface area (Å²) < 4.78 is 68.8. The minimum atomic E-state index is -2.16. The molecule has 108 valence electrons. The number of hydrogen-bond acceptors (Lipinski definition) is 0. The Hall–Kier alpha value is -2.37. The van der Waals surface area contributed by atoms with Crippen LogP contribution in [0.1, 0.15) is 0 Å². The fraction of sp³-hybridized carbons (Fsp3) is 0.0667. The van der Waals surface area contributed by atoms with E-state index >= 15 is 0 Å². The normalized spacial score (nSPS) is 11.3. The van der Waals surface area contributed by atoms with Crippen LogP contribution in [0.4, 0.5) is 22.0 Å². The van der Waals surface area contributed by atoms with Crippen molar-refractivity contribution >= 4 is 10.9 Å². The molecule has 1 nitrogen and oxygen atoms in total. The Bertz CT molecular complexity index is 837. The van der Waals surface area contributed by atoms with E-state index in [-0.39, 0.29) is 5.56 Å². The molecule has 1 aromatic heterocycles. The molecule has 21 heavy (non-hydrogen) atoms. The van der Waals surface area contributed by atoms with Crippen LogP contribution in [-0.2, 0) is 7.05 Å². The summed E-state index contributed by atoms with van der Waals surface area (Å²) >= 11 is 0. The third-order valence-corrected chi connectivity index (χ3v) is 3.38. The van der Waals surface area contributed by atoms with Crippen LogP contribution in [0.3, 0.4) is 0 Å². The lowest BCUT2D eigenvalue weighted by Crippen LogP contribution is -2.04. The van der Waals surface area contributed by atoms with E-state index in [1.54, 1.807) is 29.9 Å². The van der Waals surface area contributed by atoms with Crippen molar-refractivity contribution in [1.29, 1.82) is 0 Å². The van der Waals surface area contributed by atoms with E-state index in [0.29, 0.717) is 5.39 Å². The van der Waals surface area contributed by atoms with Gasteiger partial charge in [0, 0.05) is 24.1 Å². The van der Waals surface area contributed by atoms with Crippen LogP contribution in [0, 0.1) is 29.1 Å². The first-order chi connectivity index (χ1) is 9.91. The Morgan fingerprint density at radius 3 is 1.95 bits per heavy atom. The summed E-state index contributed by atoms with van der Waals surface area (Å²) in [5, 5.41) is 0.638. The number of aromatic nitrogens is 1. The Balaban J connectivity index is 2.32. The molecule has 0 N–H and O–H groups in total. The van der Waals surface area contributed by atoms with Gasteiger partial charge in [0.05, 0.1) is 5.56 Å². The van der Waals surface area contributed by atoms with Gasteiger partial charge in [0.15, 0.2) is 23.3 Å². The molecule has 0 bridgehead atoms. The first kappa shape index (κ1) is 13.6. The highest BCUT2D eigenvalue weighted by molar-refractivity contribution is 5.85. The van der Waals surface area contributed by atoms with Crippen LogP contribution >= 0.6 is 0 Å². The monoisotopic (exact) mass is 297 g/mol. The Morgan fingerprint density at radius 2 is 1.33 bits per heavy atom. The number of hydrogen-bond donors (Lipinski definition) is 0. The number of halogens is 5. The van der Waals surface area contributed by atoms with Crippen molar-refractivity contribution in [2.24, 2.45) is 7.05 Å². The lowest BCUT2D eigenvalue weighted by atomic mass is 10.0. The molecule has 3 aromatic rings. The highest BCUT2D eigenvalue weighted by atomic mass is 19.2. The van der Waals surface area contributed by atoms with Crippen molar-refractivity contribution in [2.45, 2.75) is 0 Å². The summed E-state index contributed by atoms with van der Waals surface area (Å²) in [5.41, 5.74) is -0.207. The highest BCUT2D eigenvalue weighted by Crippen LogP contribution is 2.33. The number of nitrogens with zero attached hydrogens (tertiary/aromatic N) is 1. The fourth-order valence-corrected chi connectivity index (χ4v) is 2.30. The lowest BCUT2D eigenvalue weighted by Gasteiger charge is -2.09. The molecule has 0 aliphatic heterocycles. The summed E-state index contributed by atoms with van der Waals surface area (Å²) in [6.45, 7) is 0. The number of aryl methyl sites for hydroxylation is 1. The number of fused-ring (bicyclic) bond motifs is 1. The van der Waals surface area contributed by atoms with Crippen LogP contribution in [0.5, 0.6) is 0 Å². The molecule has 0 saturated carbocycles. The second-order valence-electron chi connectivity index (χ2n) is 4.65. The smallest absolute Gasteiger partial charge is 0.200 e. The average Bonchev–Trinajstić information content (AvgIpc) is 2.84. The quantitative estimate of drug-likeness (QED) is 0.353. The summed E-state index contributed by atoms with van der Waals surface area (Å²) in [5.74, 6) is -9.72. The molecule has 0 saturated heterocycles. The fourth-order valence-electron chi connectivity index (χ4n) is 2.30. The molecule has 0 aliphatic carbocycles. The largest absolute Gasteiger partial charge is 0.351 e. The van der Waals surface area contributed by atoms with E-state index in [2.05, 4.69) is 0 Å². The third kappa shape index (κ3) is 1.90.